The minimum Gasteiger partial charge on any atom is -0.441 e. The van der Waals surface area contributed by atoms with Crippen molar-refractivity contribution in [3.8, 4) is 0 Å². The number of anilines is 1. The van der Waals surface area contributed by atoms with Gasteiger partial charge in [0.25, 0.3) is 5.91 Å². The molecular formula is C29H40N6O3. The number of likely N-dealkylation sites (tertiary alicyclic amines) is 2. The number of hydrogen-bond donors (Lipinski definition) is 2. The lowest BCUT2D eigenvalue weighted by Crippen LogP contribution is -2.53. The molecule has 4 heterocycles. The van der Waals surface area contributed by atoms with E-state index in [2.05, 4.69) is 70.5 Å². The molecule has 1 aromatic carbocycles. The number of hydrogen-bond acceptors (Lipinski definition) is 7. The van der Waals surface area contributed by atoms with Gasteiger partial charge in [-0.1, -0.05) is 45.0 Å². The second kappa shape index (κ2) is 10.5. The molecule has 0 atom stereocenters. The van der Waals surface area contributed by atoms with Crippen LogP contribution in [0.25, 0.3) is 0 Å². The number of nitrogens with one attached hydrogen (secondary N) is 2. The number of carbonyl (C=O) groups excluding carboxylic acids is 2. The topological polar surface area (TPSA) is 99.7 Å². The second-order valence-electron chi connectivity index (χ2n) is 12.0. The molecule has 3 saturated heterocycles. The van der Waals surface area contributed by atoms with E-state index in [0.29, 0.717) is 43.7 Å². The number of amides is 2. The number of rotatable bonds is 5. The van der Waals surface area contributed by atoms with Crippen LogP contribution in [0.5, 0.6) is 0 Å². The summed E-state index contributed by atoms with van der Waals surface area (Å²) in [6.07, 6.45) is 4.79. The van der Waals surface area contributed by atoms with E-state index in [9.17, 15) is 9.59 Å². The van der Waals surface area contributed by atoms with Crippen molar-refractivity contribution in [2.24, 2.45) is 0 Å². The average Bonchev–Trinajstić information content (AvgIpc) is 3.27. The van der Waals surface area contributed by atoms with E-state index >= 15 is 0 Å². The zero-order chi connectivity index (χ0) is 26.9. The number of piperidine rings is 2. The molecule has 2 aromatic rings. The summed E-state index contributed by atoms with van der Waals surface area (Å²) in [6, 6.07) is 9.07. The van der Waals surface area contributed by atoms with Crippen molar-refractivity contribution in [2.75, 3.05) is 38.0 Å². The first-order valence-corrected chi connectivity index (χ1v) is 13.8. The van der Waals surface area contributed by atoms with E-state index in [1.807, 2.05) is 11.8 Å². The van der Waals surface area contributed by atoms with Crippen LogP contribution < -0.4 is 10.6 Å². The van der Waals surface area contributed by atoms with Gasteiger partial charge in [0.15, 0.2) is 0 Å². The van der Waals surface area contributed by atoms with Crippen molar-refractivity contribution in [3.05, 3.63) is 53.0 Å². The Kier molecular flexibility index (Phi) is 7.31. The Morgan fingerprint density at radius 1 is 1.11 bits per heavy atom. The maximum Gasteiger partial charge on any atom is 0.407 e. The second-order valence-corrected chi connectivity index (χ2v) is 12.0. The van der Waals surface area contributed by atoms with Gasteiger partial charge in [0.1, 0.15) is 23.4 Å². The molecule has 3 fully saturated rings. The van der Waals surface area contributed by atoms with Crippen LogP contribution in [0.2, 0.25) is 0 Å². The number of aromatic nitrogens is 2. The Morgan fingerprint density at radius 3 is 2.39 bits per heavy atom. The summed E-state index contributed by atoms with van der Waals surface area (Å²) in [4.78, 5) is 38.1. The fourth-order valence-corrected chi connectivity index (χ4v) is 5.81. The van der Waals surface area contributed by atoms with Crippen LogP contribution in [0.3, 0.4) is 0 Å². The summed E-state index contributed by atoms with van der Waals surface area (Å²) in [6.45, 7) is 13.1. The fraction of sp³-hybridized carbons (Fsp3) is 0.586. The van der Waals surface area contributed by atoms with E-state index < -0.39 is 0 Å². The molecule has 5 rings (SSSR count). The van der Waals surface area contributed by atoms with Crippen LogP contribution in [0, 0.1) is 6.92 Å². The molecule has 1 aromatic heterocycles. The summed E-state index contributed by atoms with van der Waals surface area (Å²) in [5, 5.41) is 6.20. The first-order chi connectivity index (χ1) is 18.1. The first kappa shape index (κ1) is 26.4. The largest absolute Gasteiger partial charge is 0.441 e. The van der Waals surface area contributed by atoms with Crippen LogP contribution in [0.1, 0.15) is 73.6 Å². The maximum absolute atomic E-state index is 13.4. The highest BCUT2D eigenvalue weighted by atomic mass is 16.6. The quantitative estimate of drug-likeness (QED) is 0.617. The van der Waals surface area contributed by atoms with Crippen molar-refractivity contribution < 1.29 is 14.3 Å². The van der Waals surface area contributed by atoms with Gasteiger partial charge in [0.05, 0.1) is 6.54 Å². The number of ether oxygens (including phenoxy) is 1. The lowest BCUT2D eigenvalue weighted by Gasteiger charge is -2.43. The molecule has 0 unspecified atom stereocenters. The molecular weight excluding hydrogens is 480 g/mol. The number of alkyl carbamates (subject to hydrolysis) is 1. The predicted octanol–water partition coefficient (Wildman–Crippen LogP) is 3.87. The Morgan fingerprint density at radius 2 is 1.79 bits per heavy atom. The van der Waals surface area contributed by atoms with E-state index in [-0.39, 0.29) is 23.0 Å². The predicted molar refractivity (Wildman–Crippen MR) is 146 cm³/mol. The van der Waals surface area contributed by atoms with Gasteiger partial charge in [-0.05, 0) is 36.3 Å². The third kappa shape index (κ3) is 5.62. The van der Waals surface area contributed by atoms with Gasteiger partial charge in [-0.3, -0.25) is 9.69 Å². The van der Waals surface area contributed by atoms with E-state index in [0.717, 1.165) is 49.9 Å². The van der Waals surface area contributed by atoms with E-state index in [1.54, 1.807) is 0 Å². The molecule has 204 valence electrons. The van der Waals surface area contributed by atoms with Crippen molar-refractivity contribution in [1.29, 1.82) is 0 Å². The summed E-state index contributed by atoms with van der Waals surface area (Å²) >= 11 is 0. The van der Waals surface area contributed by atoms with Gasteiger partial charge in [-0.2, -0.15) is 0 Å². The minimum absolute atomic E-state index is 0.0255. The van der Waals surface area contributed by atoms with Gasteiger partial charge >= 0.3 is 6.09 Å². The van der Waals surface area contributed by atoms with Crippen molar-refractivity contribution in [2.45, 2.75) is 77.0 Å². The number of benzene rings is 1. The lowest BCUT2D eigenvalue weighted by molar-refractivity contribution is -0.0171. The molecule has 38 heavy (non-hydrogen) atoms. The van der Waals surface area contributed by atoms with Gasteiger partial charge < -0.3 is 20.3 Å². The molecule has 0 aliphatic carbocycles. The zero-order valence-electron chi connectivity index (χ0n) is 23.0. The molecule has 9 heteroatoms. The fourth-order valence-electron chi connectivity index (χ4n) is 5.81. The van der Waals surface area contributed by atoms with Crippen LogP contribution >= 0.6 is 0 Å². The Labute approximate surface area is 225 Å². The van der Waals surface area contributed by atoms with Crippen LogP contribution in [-0.4, -0.2) is 76.1 Å². The molecule has 2 amide bonds. The van der Waals surface area contributed by atoms with Gasteiger partial charge in [-0.15, -0.1) is 0 Å². The molecule has 1 spiro atoms. The van der Waals surface area contributed by atoms with Crippen LogP contribution in [0.4, 0.5) is 10.6 Å². The van der Waals surface area contributed by atoms with Crippen molar-refractivity contribution in [3.63, 3.8) is 0 Å². The van der Waals surface area contributed by atoms with Gasteiger partial charge in [0, 0.05) is 57.2 Å². The van der Waals surface area contributed by atoms with Crippen LogP contribution in [0.15, 0.2) is 30.6 Å². The Hall–Kier alpha value is -3.20. The molecule has 9 nitrogen and oxygen atoms in total. The molecule has 2 N–H and O–H groups in total. The normalized spacial score (nSPS) is 20.3. The SMILES string of the molecule is Cc1c(NCc2ccc(C(C)(C)C)cc2)ncnc1C(=O)N1CCC(N2CCC3(CC2)CNC(=O)O3)CC1. The highest BCUT2D eigenvalue weighted by Crippen LogP contribution is 2.32. The summed E-state index contributed by atoms with van der Waals surface area (Å²) in [5.41, 5.74) is 3.52. The Balaban J connectivity index is 1.14. The average molecular weight is 521 g/mol. The van der Waals surface area contributed by atoms with E-state index in [1.165, 1.54) is 11.9 Å². The third-order valence-electron chi connectivity index (χ3n) is 8.41. The standard InChI is InChI=1S/C29H40N6O3/c1-20-24(32-19-33-25(20)30-17-21-5-7-22(8-6-21)28(2,3)4)26(36)35-13-9-23(10-14-35)34-15-11-29(12-16-34)18-31-27(37)38-29/h5-8,19,23H,9-18H2,1-4H3,(H,31,37)(H,30,32,33). The maximum atomic E-state index is 13.4. The third-order valence-corrected chi connectivity index (χ3v) is 8.41. The van der Waals surface area contributed by atoms with Gasteiger partial charge in [0.2, 0.25) is 0 Å². The molecule has 3 aliphatic rings. The summed E-state index contributed by atoms with van der Waals surface area (Å²) in [5.74, 6) is 0.671. The summed E-state index contributed by atoms with van der Waals surface area (Å²) < 4.78 is 5.56. The lowest BCUT2D eigenvalue weighted by atomic mass is 9.87. The molecule has 0 bridgehead atoms. The molecule has 0 radical (unpaired) electrons. The molecule has 0 saturated carbocycles. The van der Waals surface area contributed by atoms with Crippen LogP contribution in [-0.2, 0) is 16.7 Å². The monoisotopic (exact) mass is 520 g/mol. The highest BCUT2D eigenvalue weighted by molar-refractivity contribution is 5.94. The number of carbonyl (C=O) groups is 2. The minimum atomic E-state index is -0.323. The van der Waals surface area contributed by atoms with E-state index in [4.69, 9.17) is 4.74 Å². The molecule has 3 aliphatic heterocycles. The smallest absolute Gasteiger partial charge is 0.407 e. The summed E-state index contributed by atoms with van der Waals surface area (Å²) in [7, 11) is 0. The Bertz CT molecular complexity index is 1160. The zero-order valence-corrected chi connectivity index (χ0v) is 23.0. The van der Waals surface area contributed by atoms with Crippen molar-refractivity contribution >= 4 is 17.8 Å². The van der Waals surface area contributed by atoms with Crippen molar-refractivity contribution in [1.82, 2.24) is 25.1 Å². The number of nitrogens with zero attached hydrogens (tertiary/aromatic N) is 4. The first-order valence-electron chi connectivity index (χ1n) is 13.8. The highest BCUT2D eigenvalue weighted by Gasteiger charge is 2.44. The van der Waals surface area contributed by atoms with Gasteiger partial charge in [-0.25, -0.2) is 14.8 Å².